The van der Waals surface area contributed by atoms with Crippen LogP contribution < -0.4 is 4.74 Å². The van der Waals surface area contributed by atoms with Crippen LogP contribution in [0.4, 0.5) is 0 Å². The molecule has 0 N–H and O–H groups in total. The predicted molar refractivity (Wildman–Crippen MR) is 52.5 cm³/mol. The average Bonchev–Trinajstić information content (AvgIpc) is 2.25. The smallest absolute Gasteiger partial charge is 0.335 e. The molecule has 0 aliphatic rings. The summed E-state index contributed by atoms with van der Waals surface area (Å²) in [5, 5.41) is 0. The molecule has 0 atom stereocenters. The molecule has 3 nitrogen and oxygen atoms in total. The van der Waals surface area contributed by atoms with Crippen LogP contribution >= 0.6 is 0 Å². The van der Waals surface area contributed by atoms with Crippen molar-refractivity contribution in [2.75, 3.05) is 0 Å². The van der Waals surface area contributed by atoms with Gasteiger partial charge in [-0.05, 0) is 12.1 Å². The molecular weight excluding hydrogens is 180 g/mol. The first kappa shape index (κ1) is 10.1. The fraction of sp³-hybridized carbons (Fsp3) is 0. The number of carbonyl (C=O) groups is 1. The van der Waals surface area contributed by atoms with E-state index in [1.54, 1.807) is 12.1 Å². The molecule has 0 aliphatic heterocycles. The first-order chi connectivity index (χ1) is 6.83. The summed E-state index contributed by atoms with van der Waals surface area (Å²) < 4.78 is 9.66. The van der Waals surface area contributed by atoms with Crippen molar-refractivity contribution in [1.82, 2.24) is 0 Å². The summed E-state index contributed by atoms with van der Waals surface area (Å²) in [6.45, 7) is 3.25. The molecule has 0 radical (unpaired) electrons. The van der Waals surface area contributed by atoms with E-state index in [1.807, 2.05) is 18.2 Å². The van der Waals surface area contributed by atoms with Crippen LogP contribution in [0.3, 0.4) is 0 Å². The molecule has 0 aliphatic carbocycles. The molecule has 1 aromatic carbocycles. The molecule has 0 bridgehead atoms. The van der Waals surface area contributed by atoms with E-state index in [2.05, 4.69) is 11.3 Å². The first-order valence-electron chi connectivity index (χ1n) is 4.02. The van der Waals surface area contributed by atoms with Crippen LogP contribution in [-0.4, -0.2) is 5.97 Å². The van der Waals surface area contributed by atoms with Crippen LogP contribution in [0.25, 0.3) is 0 Å². The molecule has 3 heteroatoms. The molecule has 0 fully saturated rings. The van der Waals surface area contributed by atoms with Crippen LogP contribution in [0, 0.1) is 0 Å². The van der Waals surface area contributed by atoms with Gasteiger partial charge < -0.3 is 9.47 Å². The Balaban J connectivity index is 2.34. The van der Waals surface area contributed by atoms with E-state index < -0.39 is 5.97 Å². The van der Waals surface area contributed by atoms with Crippen molar-refractivity contribution in [2.24, 2.45) is 0 Å². The second-order valence-corrected chi connectivity index (χ2v) is 2.34. The number of hydrogen-bond donors (Lipinski definition) is 0. The van der Waals surface area contributed by atoms with Gasteiger partial charge in [0.05, 0.1) is 0 Å². The number of para-hydroxylation sites is 1. The summed E-state index contributed by atoms with van der Waals surface area (Å²) in [6, 6.07) is 9.16. The third kappa shape index (κ3) is 3.58. The minimum absolute atomic E-state index is 0.516. The van der Waals surface area contributed by atoms with Crippen molar-refractivity contribution >= 4 is 5.97 Å². The summed E-state index contributed by atoms with van der Waals surface area (Å²) >= 11 is 0. The lowest BCUT2D eigenvalue weighted by molar-refractivity contribution is -0.132. The van der Waals surface area contributed by atoms with Crippen molar-refractivity contribution in [2.45, 2.75) is 0 Å². The predicted octanol–water partition coefficient (Wildman–Crippen LogP) is 2.27. The van der Waals surface area contributed by atoms with Gasteiger partial charge in [-0.15, -0.1) is 0 Å². The molecule has 0 saturated carbocycles. The van der Waals surface area contributed by atoms with Crippen LogP contribution in [-0.2, 0) is 9.53 Å². The highest BCUT2D eigenvalue weighted by Crippen LogP contribution is 2.08. The average molecular weight is 190 g/mol. The van der Waals surface area contributed by atoms with E-state index in [0.29, 0.717) is 5.75 Å². The van der Waals surface area contributed by atoms with Crippen LogP contribution in [0.5, 0.6) is 5.75 Å². The monoisotopic (exact) mass is 190 g/mol. The number of ether oxygens (including phenoxy) is 2. The van der Waals surface area contributed by atoms with Gasteiger partial charge in [-0.2, -0.15) is 0 Å². The zero-order valence-electron chi connectivity index (χ0n) is 7.55. The van der Waals surface area contributed by atoms with Gasteiger partial charge in [0, 0.05) is 6.08 Å². The molecule has 0 spiro atoms. The maximum Gasteiger partial charge on any atom is 0.335 e. The first-order valence-corrected chi connectivity index (χ1v) is 4.02. The van der Waals surface area contributed by atoms with Crippen molar-refractivity contribution in [3.63, 3.8) is 0 Å². The summed E-state index contributed by atoms with van der Waals surface area (Å²) in [7, 11) is 0. The van der Waals surface area contributed by atoms with Gasteiger partial charge in [0.1, 0.15) is 18.3 Å². The van der Waals surface area contributed by atoms with Crippen molar-refractivity contribution in [3.8, 4) is 5.75 Å². The Bertz CT molecular complexity index is 328. The maximum atomic E-state index is 10.6. The molecule has 0 heterocycles. The second-order valence-electron chi connectivity index (χ2n) is 2.34. The van der Waals surface area contributed by atoms with E-state index in [-0.39, 0.29) is 0 Å². The van der Waals surface area contributed by atoms with E-state index in [0.717, 1.165) is 12.3 Å². The van der Waals surface area contributed by atoms with Crippen LogP contribution in [0.2, 0.25) is 0 Å². The second kappa shape index (κ2) is 5.59. The Labute approximate surface area is 82.3 Å². The summed E-state index contributed by atoms with van der Waals surface area (Å²) in [4.78, 5) is 10.6. The Morgan fingerprint density at radius 3 is 2.57 bits per heavy atom. The Kier molecular flexibility index (Phi) is 4.01. The summed E-state index contributed by atoms with van der Waals surface area (Å²) in [5.74, 6) is 0.163. The normalized spacial score (nSPS) is 9.71. The van der Waals surface area contributed by atoms with Gasteiger partial charge in [0.25, 0.3) is 0 Å². The van der Waals surface area contributed by atoms with Gasteiger partial charge in [0.2, 0.25) is 0 Å². The van der Waals surface area contributed by atoms with Gasteiger partial charge in [-0.1, -0.05) is 24.8 Å². The highest BCUT2D eigenvalue weighted by atomic mass is 16.5. The number of benzene rings is 1. The minimum Gasteiger partial charge on any atom is -0.462 e. The Morgan fingerprint density at radius 1 is 1.21 bits per heavy atom. The highest BCUT2D eigenvalue weighted by Gasteiger charge is 1.89. The van der Waals surface area contributed by atoms with Crippen molar-refractivity contribution < 1.29 is 14.3 Å². The molecule has 0 unspecified atom stereocenters. The maximum absolute atomic E-state index is 10.6. The molecule has 0 amide bonds. The zero-order valence-corrected chi connectivity index (χ0v) is 7.55. The third-order valence-electron chi connectivity index (χ3n) is 1.35. The molecule has 0 saturated heterocycles. The highest BCUT2D eigenvalue weighted by molar-refractivity contribution is 5.81. The van der Waals surface area contributed by atoms with Crippen LogP contribution in [0.1, 0.15) is 0 Å². The van der Waals surface area contributed by atoms with Crippen molar-refractivity contribution in [3.05, 3.63) is 55.5 Å². The zero-order chi connectivity index (χ0) is 10.2. The number of esters is 1. The molecule has 14 heavy (non-hydrogen) atoms. The molecular formula is C11H10O3. The van der Waals surface area contributed by atoms with Gasteiger partial charge in [-0.25, -0.2) is 4.79 Å². The number of rotatable bonds is 4. The fourth-order valence-electron chi connectivity index (χ4n) is 0.748. The third-order valence-corrected chi connectivity index (χ3v) is 1.35. The molecule has 1 aromatic rings. The summed E-state index contributed by atoms with van der Waals surface area (Å²) in [5.41, 5.74) is 0. The van der Waals surface area contributed by atoms with Gasteiger partial charge >= 0.3 is 5.97 Å². The van der Waals surface area contributed by atoms with Crippen LogP contribution in [0.15, 0.2) is 55.5 Å². The number of carbonyl (C=O) groups excluding carboxylic acids is 1. The minimum atomic E-state index is -0.516. The lowest BCUT2D eigenvalue weighted by atomic mass is 10.3. The Hall–Kier alpha value is -2.03. The Morgan fingerprint density at radius 2 is 1.93 bits per heavy atom. The molecule has 72 valence electrons. The van der Waals surface area contributed by atoms with E-state index in [4.69, 9.17) is 4.74 Å². The SMILES string of the molecule is C=CC(=O)OC=COc1ccccc1. The quantitative estimate of drug-likeness (QED) is 0.415. The lowest BCUT2D eigenvalue weighted by Gasteiger charge is -1.97. The standard InChI is InChI=1S/C11H10O3/c1-2-11(12)14-9-8-13-10-6-4-3-5-7-10/h2-9H,1H2. The fourth-order valence-corrected chi connectivity index (χ4v) is 0.748. The summed E-state index contributed by atoms with van der Waals surface area (Å²) in [6.07, 6.45) is 3.53. The van der Waals surface area contributed by atoms with Gasteiger partial charge in [0.15, 0.2) is 0 Å². The van der Waals surface area contributed by atoms with E-state index in [9.17, 15) is 4.79 Å². The van der Waals surface area contributed by atoms with Gasteiger partial charge in [-0.3, -0.25) is 0 Å². The largest absolute Gasteiger partial charge is 0.462 e. The molecule has 0 aromatic heterocycles. The van der Waals surface area contributed by atoms with E-state index in [1.165, 1.54) is 6.26 Å². The topological polar surface area (TPSA) is 35.5 Å². The lowest BCUT2D eigenvalue weighted by Crippen LogP contribution is -1.92. The van der Waals surface area contributed by atoms with Crippen molar-refractivity contribution in [1.29, 1.82) is 0 Å². The molecule has 1 rings (SSSR count). The van der Waals surface area contributed by atoms with E-state index >= 15 is 0 Å². The number of hydrogen-bond acceptors (Lipinski definition) is 3.